The lowest BCUT2D eigenvalue weighted by atomic mass is 9.98. The van der Waals surface area contributed by atoms with E-state index in [9.17, 15) is 4.79 Å². The number of aryl methyl sites for hydroxylation is 1. The van der Waals surface area contributed by atoms with Crippen molar-refractivity contribution in [2.45, 2.75) is 32.2 Å². The van der Waals surface area contributed by atoms with Crippen molar-refractivity contribution in [1.82, 2.24) is 9.80 Å². The monoisotopic (exact) mass is 317 g/mol. The lowest BCUT2D eigenvalue weighted by Crippen LogP contribution is -2.51. The molecule has 0 spiro atoms. The van der Waals surface area contributed by atoms with Crippen LogP contribution in [0.4, 0.5) is 5.69 Å². The largest absolute Gasteiger partial charge is 0.399 e. The highest BCUT2D eigenvalue weighted by Gasteiger charge is 2.30. The van der Waals surface area contributed by atoms with Crippen LogP contribution in [0.2, 0.25) is 0 Å². The van der Waals surface area contributed by atoms with Crippen LogP contribution in [0, 0.1) is 6.92 Å². The number of amides is 1. The Labute approximate surface area is 138 Å². The van der Waals surface area contributed by atoms with Gasteiger partial charge in [0.15, 0.2) is 0 Å². The molecule has 1 aromatic rings. The number of benzene rings is 1. The van der Waals surface area contributed by atoms with E-state index in [4.69, 9.17) is 10.5 Å². The van der Waals surface area contributed by atoms with Crippen molar-refractivity contribution in [1.29, 1.82) is 0 Å². The fourth-order valence-electron chi connectivity index (χ4n) is 3.56. The lowest BCUT2D eigenvalue weighted by Gasteiger charge is -2.40. The second-order valence-corrected chi connectivity index (χ2v) is 6.64. The first-order chi connectivity index (χ1) is 11.1. The molecule has 0 bridgehead atoms. The number of rotatable bonds is 3. The van der Waals surface area contributed by atoms with Crippen LogP contribution in [0.3, 0.4) is 0 Å². The third kappa shape index (κ3) is 3.85. The van der Waals surface area contributed by atoms with Crippen molar-refractivity contribution in [3.63, 3.8) is 0 Å². The topological polar surface area (TPSA) is 58.8 Å². The van der Waals surface area contributed by atoms with Crippen molar-refractivity contribution < 1.29 is 9.53 Å². The summed E-state index contributed by atoms with van der Waals surface area (Å²) in [7, 11) is 0. The summed E-state index contributed by atoms with van der Waals surface area (Å²) in [5.74, 6) is 0.132. The number of nitrogen functional groups attached to an aromatic ring is 1. The minimum atomic E-state index is 0.132. The van der Waals surface area contributed by atoms with Crippen LogP contribution in [-0.2, 0) is 4.74 Å². The van der Waals surface area contributed by atoms with Crippen LogP contribution in [0.5, 0.6) is 0 Å². The first kappa shape index (κ1) is 16.3. The van der Waals surface area contributed by atoms with E-state index in [0.717, 1.165) is 63.4 Å². The summed E-state index contributed by atoms with van der Waals surface area (Å²) in [5, 5.41) is 0. The molecule has 1 atom stereocenters. The molecule has 1 unspecified atom stereocenters. The highest BCUT2D eigenvalue weighted by Crippen LogP contribution is 2.23. The van der Waals surface area contributed by atoms with Gasteiger partial charge in [0.05, 0.1) is 13.2 Å². The van der Waals surface area contributed by atoms with E-state index >= 15 is 0 Å². The maximum absolute atomic E-state index is 13.1. The third-order valence-corrected chi connectivity index (χ3v) is 4.95. The Morgan fingerprint density at radius 2 is 2.04 bits per heavy atom. The number of carbonyl (C=O) groups is 1. The predicted molar refractivity (Wildman–Crippen MR) is 91.5 cm³/mol. The van der Waals surface area contributed by atoms with Crippen molar-refractivity contribution in [3.8, 4) is 0 Å². The molecule has 0 aromatic heterocycles. The minimum absolute atomic E-state index is 0.132. The van der Waals surface area contributed by atoms with E-state index < -0.39 is 0 Å². The zero-order valence-corrected chi connectivity index (χ0v) is 14.0. The summed E-state index contributed by atoms with van der Waals surface area (Å²) < 4.78 is 5.43. The average molecular weight is 317 g/mol. The first-order valence-corrected chi connectivity index (χ1v) is 8.62. The van der Waals surface area contributed by atoms with Crippen molar-refractivity contribution in [2.24, 2.45) is 0 Å². The Morgan fingerprint density at radius 3 is 2.83 bits per heavy atom. The second-order valence-electron chi connectivity index (χ2n) is 6.64. The predicted octanol–water partition coefficient (Wildman–Crippen LogP) is 1.90. The molecule has 1 amide bonds. The van der Waals surface area contributed by atoms with Gasteiger partial charge in [0.2, 0.25) is 0 Å². The van der Waals surface area contributed by atoms with Gasteiger partial charge in [0.25, 0.3) is 5.91 Å². The second kappa shape index (κ2) is 7.32. The molecule has 0 aliphatic carbocycles. The smallest absolute Gasteiger partial charge is 0.254 e. The highest BCUT2D eigenvalue weighted by molar-refractivity contribution is 5.96. The van der Waals surface area contributed by atoms with Gasteiger partial charge in [-0.1, -0.05) is 6.07 Å². The summed E-state index contributed by atoms with van der Waals surface area (Å²) >= 11 is 0. The summed E-state index contributed by atoms with van der Waals surface area (Å²) in [6, 6.07) is 5.91. The number of hydrogen-bond donors (Lipinski definition) is 1. The fraction of sp³-hybridized carbons (Fsp3) is 0.611. The van der Waals surface area contributed by atoms with Crippen LogP contribution < -0.4 is 5.73 Å². The number of nitrogens with zero attached hydrogens (tertiary/aromatic N) is 2. The number of ether oxygens (including phenoxy) is 1. The molecule has 2 aliphatic heterocycles. The zero-order valence-electron chi connectivity index (χ0n) is 14.0. The quantitative estimate of drug-likeness (QED) is 0.865. The molecule has 0 radical (unpaired) electrons. The number of nitrogens with two attached hydrogens (primary N) is 1. The molecule has 0 saturated carbocycles. The minimum Gasteiger partial charge on any atom is -0.399 e. The zero-order chi connectivity index (χ0) is 16.2. The molecule has 126 valence electrons. The molecular formula is C18H27N3O2. The van der Waals surface area contributed by atoms with Crippen molar-refractivity contribution >= 4 is 11.6 Å². The summed E-state index contributed by atoms with van der Waals surface area (Å²) in [6.45, 7) is 7.32. The summed E-state index contributed by atoms with van der Waals surface area (Å²) in [5.41, 5.74) is 8.29. The summed E-state index contributed by atoms with van der Waals surface area (Å²) in [4.78, 5) is 17.5. The number of hydrogen-bond acceptors (Lipinski definition) is 4. The molecule has 5 nitrogen and oxygen atoms in total. The number of anilines is 1. The van der Waals surface area contributed by atoms with Crippen molar-refractivity contribution in [3.05, 3.63) is 29.3 Å². The fourth-order valence-corrected chi connectivity index (χ4v) is 3.56. The number of piperidine rings is 1. The SMILES string of the molecule is Cc1ccc(N)cc1C(=O)N1CCCCC1CN1CCOCC1. The average Bonchev–Trinajstić information content (AvgIpc) is 2.58. The van der Waals surface area contributed by atoms with Crippen LogP contribution in [0.25, 0.3) is 0 Å². The molecule has 5 heteroatoms. The van der Waals surface area contributed by atoms with E-state index in [-0.39, 0.29) is 5.91 Å². The van der Waals surface area contributed by atoms with Gasteiger partial charge >= 0.3 is 0 Å². The Kier molecular flexibility index (Phi) is 5.18. The van der Waals surface area contributed by atoms with E-state index in [1.54, 1.807) is 0 Å². The lowest BCUT2D eigenvalue weighted by molar-refractivity contribution is 0.0166. The Balaban J connectivity index is 1.74. The number of likely N-dealkylation sites (tertiary alicyclic amines) is 1. The molecule has 3 rings (SSSR count). The Bertz CT molecular complexity index is 555. The van der Waals surface area contributed by atoms with Crippen molar-refractivity contribution in [2.75, 3.05) is 45.1 Å². The van der Waals surface area contributed by atoms with Gasteiger partial charge in [0.1, 0.15) is 0 Å². The van der Waals surface area contributed by atoms with Gasteiger partial charge in [-0.3, -0.25) is 9.69 Å². The Morgan fingerprint density at radius 1 is 1.26 bits per heavy atom. The molecule has 23 heavy (non-hydrogen) atoms. The van der Waals surface area contributed by atoms with Gasteiger partial charge < -0.3 is 15.4 Å². The number of carbonyl (C=O) groups excluding carboxylic acids is 1. The van der Waals surface area contributed by atoms with Crippen LogP contribution in [-0.4, -0.2) is 61.1 Å². The van der Waals surface area contributed by atoms with Gasteiger partial charge in [-0.25, -0.2) is 0 Å². The first-order valence-electron chi connectivity index (χ1n) is 8.62. The van der Waals surface area contributed by atoms with Crippen LogP contribution >= 0.6 is 0 Å². The molecule has 2 saturated heterocycles. The molecule has 2 N–H and O–H groups in total. The van der Waals surface area contributed by atoms with Crippen LogP contribution in [0.1, 0.15) is 35.2 Å². The maximum atomic E-state index is 13.1. The molecule has 2 aliphatic rings. The Hall–Kier alpha value is -1.59. The van der Waals surface area contributed by atoms with Gasteiger partial charge in [-0.2, -0.15) is 0 Å². The van der Waals surface area contributed by atoms with E-state index in [0.29, 0.717) is 11.7 Å². The maximum Gasteiger partial charge on any atom is 0.254 e. The van der Waals surface area contributed by atoms with E-state index in [2.05, 4.69) is 9.80 Å². The van der Waals surface area contributed by atoms with E-state index in [1.807, 2.05) is 25.1 Å². The number of morpholine rings is 1. The highest BCUT2D eigenvalue weighted by atomic mass is 16.5. The molecule has 2 fully saturated rings. The molecular weight excluding hydrogens is 290 g/mol. The van der Waals surface area contributed by atoms with E-state index in [1.165, 1.54) is 6.42 Å². The summed E-state index contributed by atoms with van der Waals surface area (Å²) in [6.07, 6.45) is 3.38. The van der Waals surface area contributed by atoms with Gasteiger partial charge in [0, 0.05) is 43.5 Å². The van der Waals surface area contributed by atoms with Gasteiger partial charge in [-0.15, -0.1) is 0 Å². The standard InChI is InChI=1S/C18H27N3O2/c1-14-5-6-15(19)12-17(14)18(22)21-7-3-2-4-16(21)13-20-8-10-23-11-9-20/h5-6,12,16H,2-4,7-11,13,19H2,1H3. The normalized spacial score (nSPS) is 23.0. The molecule has 2 heterocycles. The van der Waals surface area contributed by atoms with Crippen LogP contribution in [0.15, 0.2) is 18.2 Å². The molecule has 1 aromatic carbocycles. The third-order valence-electron chi connectivity index (χ3n) is 4.95. The van der Waals surface area contributed by atoms with Gasteiger partial charge in [-0.05, 0) is 43.9 Å².